The number of benzene rings is 2. The molecular weight excluding hydrogens is 337 g/mol. The molecule has 0 aliphatic carbocycles. The van der Waals surface area contributed by atoms with E-state index in [1.54, 1.807) is 0 Å². The van der Waals surface area contributed by atoms with Crippen LogP contribution in [0.25, 0.3) is 0 Å². The van der Waals surface area contributed by atoms with Crippen LogP contribution in [0.3, 0.4) is 0 Å². The minimum atomic E-state index is -4.75. The van der Waals surface area contributed by atoms with Gasteiger partial charge in [0.1, 0.15) is 5.75 Å². The second-order valence-corrected chi connectivity index (χ2v) is 4.44. The van der Waals surface area contributed by atoms with Crippen molar-refractivity contribution in [1.82, 2.24) is 0 Å². The van der Waals surface area contributed by atoms with Gasteiger partial charge in [-0.25, -0.2) is 0 Å². The molecule has 2 rings (SSSR count). The van der Waals surface area contributed by atoms with Gasteiger partial charge >= 0.3 is 6.36 Å². The Morgan fingerprint density at radius 2 is 1.43 bits per heavy atom. The molecule has 2 aromatic rings. The summed E-state index contributed by atoms with van der Waals surface area (Å²) in [7, 11) is 0. The summed E-state index contributed by atoms with van der Waals surface area (Å²) in [5.74, 6) is -0.341. The number of rotatable bonds is 4. The molecule has 0 aliphatic rings. The first-order valence-corrected chi connectivity index (χ1v) is 6.12. The van der Waals surface area contributed by atoms with Gasteiger partial charge in [-0.3, -0.25) is 10.1 Å². The number of hydrogen-bond acceptors (Lipinski definition) is 4. The largest absolute Gasteiger partial charge is 0.573 e. The Kier molecular flexibility index (Phi) is 5.94. The van der Waals surface area contributed by atoms with Crippen LogP contribution in [0.4, 0.5) is 18.9 Å². The fourth-order valence-corrected chi connectivity index (χ4v) is 1.87. The Morgan fingerprint density at radius 3 is 1.83 bits per heavy atom. The molecule has 0 spiro atoms. The highest BCUT2D eigenvalue weighted by atomic mass is 35.5. The van der Waals surface area contributed by atoms with Gasteiger partial charge in [-0.2, -0.15) is 0 Å². The van der Waals surface area contributed by atoms with E-state index < -0.39 is 17.3 Å². The predicted octanol–water partition coefficient (Wildman–Crippen LogP) is 3.96. The normalized spacial score (nSPS) is 12.2. The van der Waals surface area contributed by atoms with Crippen LogP contribution in [-0.2, 0) is 0 Å². The number of nitro benzene ring substituents is 1. The molecule has 1 atom stereocenters. The summed E-state index contributed by atoms with van der Waals surface area (Å²) in [5, 5.41) is 10.6. The lowest BCUT2D eigenvalue weighted by Crippen LogP contribution is -2.17. The lowest BCUT2D eigenvalue weighted by atomic mass is 9.99. The predicted molar refractivity (Wildman–Crippen MR) is 79.5 cm³/mol. The van der Waals surface area contributed by atoms with E-state index in [-0.39, 0.29) is 23.8 Å². The molecule has 124 valence electrons. The highest BCUT2D eigenvalue weighted by Crippen LogP contribution is 2.26. The molecule has 23 heavy (non-hydrogen) atoms. The number of alkyl halides is 3. The van der Waals surface area contributed by atoms with Crippen molar-refractivity contribution in [3.63, 3.8) is 0 Å². The van der Waals surface area contributed by atoms with Crippen molar-refractivity contribution in [3.05, 3.63) is 69.8 Å². The molecule has 9 heteroatoms. The van der Waals surface area contributed by atoms with Crippen molar-refractivity contribution in [2.45, 2.75) is 12.4 Å². The van der Waals surface area contributed by atoms with E-state index in [1.165, 1.54) is 36.4 Å². The van der Waals surface area contributed by atoms with E-state index in [4.69, 9.17) is 5.73 Å². The Hall–Kier alpha value is -2.32. The van der Waals surface area contributed by atoms with Crippen molar-refractivity contribution in [2.24, 2.45) is 5.73 Å². The Labute approximate surface area is 135 Å². The van der Waals surface area contributed by atoms with E-state index in [2.05, 4.69) is 4.74 Å². The van der Waals surface area contributed by atoms with Gasteiger partial charge in [-0.05, 0) is 23.3 Å². The van der Waals surface area contributed by atoms with Crippen LogP contribution in [-0.4, -0.2) is 11.3 Å². The zero-order valence-corrected chi connectivity index (χ0v) is 12.3. The maximum absolute atomic E-state index is 12.1. The summed E-state index contributed by atoms with van der Waals surface area (Å²) in [6.07, 6.45) is -4.75. The van der Waals surface area contributed by atoms with E-state index in [9.17, 15) is 23.3 Å². The quantitative estimate of drug-likeness (QED) is 0.670. The maximum Gasteiger partial charge on any atom is 0.573 e. The summed E-state index contributed by atoms with van der Waals surface area (Å²) >= 11 is 0. The molecule has 0 aliphatic heterocycles. The van der Waals surface area contributed by atoms with Crippen LogP contribution in [0.15, 0.2) is 48.5 Å². The molecule has 0 heterocycles. The van der Waals surface area contributed by atoms with Crippen LogP contribution in [0.5, 0.6) is 5.75 Å². The number of nitrogens with zero attached hydrogens (tertiary/aromatic N) is 1. The third-order valence-electron chi connectivity index (χ3n) is 2.94. The molecule has 0 aromatic heterocycles. The summed E-state index contributed by atoms with van der Waals surface area (Å²) < 4.78 is 40.0. The second-order valence-electron chi connectivity index (χ2n) is 4.44. The van der Waals surface area contributed by atoms with Gasteiger partial charge in [-0.15, -0.1) is 25.6 Å². The molecule has 2 N–H and O–H groups in total. The van der Waals surface area contributed by atoms with Gasteiger partial charge in [0, 0.05) is 12.1 Å². The zero-order chi connectivity index (χ0) is 16.3. The average Bonchev–Trinajstić information content (AvgIpc) is 2.46. The monoisotopic (exact) mass is 348 g/mol. The van der Waals surface area contributed by atoms with Gasteiger partial charge in [-0.1, -0.05) is 24.3 Å². The highest BCUT2D eigenvalue weighted by molar-refractivity contribution is 5.85. The van der Waals surface area contributed by atoms with Crippen molar-refractivity contribution in [1.29, 1.82) is 0 Å². The molecule has 2 aromatic carbocycles. The lowest BCUT2D eigenvalue weighted by Gasteiger charge is -2.14. The van der Waals surface area contributed by atoms with Gasteiger partial charge in [0.15, 0.2) is 0 Å². The highest BCUT2D eigenvalue weighted by Gasteiger charge is 2.31. The minimum absolute atomic E-state index is 0. The number of nitro groups is 1. The van der Waals surface area contributed by atoms with Gasteiger partial charge in [0.2, 0.25) is 0 Å². The summed E-state index contributed by atoms with van der Waals surface area (Å²) in [5.41, 5.74) is 7.09. The number of halogens is 4. The molecule has 0 radical (unpaired) electrons. The van der Waals surface area contributed by atoms with Gasteiger partial charge in [0.05, 0.1) is 11.0 Å². The van der Waals surface area contributed by atoms with Crippen molar-refractivity contribution < 1.29 is 22.8 Å². The van der Waals surface area contributed by atoms with E-state index in [1.807, 2.05) is 0 Å². The number of hydrogen-bond donors (Lipinski definition) is 1. The van der Waals surface area contributed by atoms with Crippen LogP contribution < -0.4 is 10.5 Å². The standard InChI is InChI=1S/C14H11F3N2O3.ClH/c15-14(16,17)22-12-7-3-10(4-8-12)13(18)9-1-5-11(6-2-9)19(20)21;/h1-8,13H,18H2;1H/t13-;/m0./s1. The van der Waals surface area contributed by atoms with E-state index >= 15 is 0 Å². The first-order chi connectivity index (χ1) is 10.3. The van der Waals surface area contributed by atoms with Crippen LogP contribution in [0, 0.1) is 10.1 Å². The van der Waals surface area contributed by atoms with Crippen molar-refractivity contribution in [2.75, 3.05) is 0 Å². The van der Waals surface area contributed by atoms with Crippen LogP contribution in [0.2, 0.25) is 0 Å². The molecule has 0 fully saturated rings. The van der Waals surface area contributed by atoms with E-state index in [0.29, 0.717) is 11.1 Å². The number of ether oxygens (including phenoxy) is 1. The molecule has 0 amide bonds. The zero-order valence-electron chi connectivity index (χ0n) is 11.5. The van der Waals surface area contributed by atoms with Gasteiger partial charge < -0.3 is 10.5 Å². The molecule has 0 saturated carbocycles. The first kappa shape index (κ1) is 18.7. The Morgan fingerprint density at radius 1 is 1.00 bits per heavy atom. The summed E-state index contributed by atoms with van der Waals surface area (Å²) in [6.45, 7) is 0. The van der Waals surface area contributed by atoms with Gasteiger partial charge in [0.25, 0.3) is 5.69 Å². The van der Waals surface area contributed by atoms with Crippen molar-refractivity contribution in [3.8, 4) is 5.75 Å². The summed E-state index contributed by atoms with van der Waals surface area (Å²) in [4.78, 5) is 10.0. The smallest absolute Gasteiger partial charge is 0.406 e. The molecule has 5 nitrogen and oxygen atoms in total. The number of nitrogens with two attached hydrogens (primary N) is 1. The third-order valence-corrected chi connectivity index (χ3v) is 2.94. The molecule has 0 saturated heterocycles. The van der Waals surface area contributed by atoms with E-state index in [0.717, 1.165) is 12.1 Å². The fraction of sp³-hybridized carbons (Fsp3) is 0.143. The number of non-ortho nitro benzene ring substituents is 1. The first-order valence-electron chi connectivity index (χ1n) is 6.12. The van der Waals surface area contributed by atoms with Crippen LogP contribution in [0.1, 0.15) is 17.2 Å². The fourth-order valence-electron chi connectivity index (χ4n) is 1.87. The SMILES string of the molecule is Cl.N[C@H](c1ccc(OC(F)(F)F)cc1)c1ccc([N+](=O)[O-])cc1. The molecule has 0 unspecified atom stereocenters. The second kappa shape index (κ2) is 7.30. The molecular formula is C14H12ClF3N2O3. The lowest BCUT2D eigenvalue weighted by molar-refractivity contribution is -0.384. The molecule has 0 bridgehead atoms. The third kappa shape index (κ3) is 5.11. The Balaban J connectivity index is 0.00000264. The van der Waals surface area contributed by atoms with Crippen LogP contribution >= 0.6 is 12.4 Å². The topological polar surface area (TPSA) is 78.4 Å². The van der Waals surface area contributed by atoms with Crippen molar-refractivity contribution >= 4 is 18.1 Å². The minimum Gasteiger partial charge on any atom is -0.406 e. The Bertz CT molecular complexity index is 660. The maximum atomic E-state index is 12.1. The average molecular weight is 349 g/mol. The summed E-state index contributed by atoms with van der Waals surface area (Å²) in [6, 6.07) is 10.2.